The number of aliphatic hydroxyl groups excluding tert-OH is 1. The highest BCUT2D eigenvalue weighted by Crippen LogP contribution is 2.37. The summed E-state index contributed by atoms with van der Waals surface area (Å²) in [7, 11) is 0. The number of ether oxygens (including phenoxy) is 1. The molecule has 0 saturated heterocycles. The molecule has 0 radical (unpaired) electrons. The van der Waals surface area contributed by atoms with E-state index in [0.29, 0.717) is 6.61 Å². The Morgan fingerprint density at radius 2 is 1.42 bits per heavy atom. The molecule has 0 saturated carbocycles. The number of carbonyl (C=O) groups is 2. The van der Waals surface area contributed by atoms with Crippen molar-refractivity contribution in [3.8, 4) is 0 Å². The number of fused-ring (bicyclic) bond motifs is 4. The van der Waals surface area contributed by atoms with Gasteiger partial charge in [0.1, 0.15) is 29.4 Å². The van der Waals surface area contributed by atoms with Gasteiger partial charge in [0, 0.05) is 40.2 Å². The van der Waals surface area contributed by atoms with Gasteiger partial charge in [0.15, 0.2) is 6.29 Å². The number of H-pyrrole nitrogens is 2. The van der Waals surface area contributed by atoms with Crippen molar-refractivity contribution >= 4 is 34.4 Å². The Bertz CT molecular complexity index is 2020. The zero-order valence-corrected chi connectivity index (χ0v) is 25.5. The average molecular weight is 703 g/mol. The maximum absolute atomic E-state index is 14.0. The molecule has 13 heteroatoms. The topological polar surface area (TPSA) is 95.2 Å². The summed E-state index contributed by atoms with van der Waals surface area (Å²) < 4.78 is 89.0. The number of hydrogen-bond donors (Lipinski definition) is 3. The molecule has 0 bridgehead atoms. The second-order valence-electron chi connectivity index (χ2n) is 10.5. The van der Waals surface area contributed by atoms with E-state index in [1.165, 1.54) is 17.0 Å². The van der Waals surface area contributed by atoms with Crippen LogP contribution < -0.4 is 0 Å². The summed E-state index contributed by atoms with van der Waals surface area (Å²) in [4.78, 5) is 25.1. The first kappa shape index (κ1) is 39.2. The molecule has 1 unspecified atom stereocenters. The third-order valence-electron chi connectivity index (χ3n) is 7.26. The van der Waals surface area contributed by atoms with E-state index in [4.69, 9.17) is 14.6 Å². The number of para-hydroxylation sites is 2. The summed E-state index contributed by atoms with van der Waals surface area (Å²) in [5.41, 5.74) is 5.27. The molecule has 6 aromatic rings. The average Bonchev–Trinajstić information content (AvgIpc) is 3.69. The van der Waals surface area contributed by atoms with Gasteiger partial charge in [0.2, 0.25) is 6.29 Å². The van der Waals surface area contributed by atoms with E-state index in [1.54, 1.807) is 0 Å². The number of alkyl halides is 3. The first-order valence-corrected chi connectivity index (χ1v) is 14.7. The van der Waals surface area contributed by atoms with Crippen LogP contribution in [-0.4, -0.2) is 47.0 Å². The molecule has 7 rings (SSSR count). The van der Waals surface area contributed by atoms with Gasteiger partial charge in [0.05, 0.1) is 17.9 Å². The van der Waals surface area contributed by atoms with Gasteiger partial charge in [-0.15, -0.1) is 0 Å². The van der Waals surface area contributed by atoms with Gasteiger partial charge in [0.25, 0.3) is 0 Å². The van der Waals surface area contributed by atoms with E-state index in [0.717, 1.165) is 70.9 Å². The van der Waals surface area contributed by atoms with Crippen LogP contribution in [0.5, 0.6) is 0 Å². The third kappa shape index (κ3) is 10.1. The Hall–Kier alpha value is -5.27. The van der Waals surface area contributed by atoms with Gasteiger partial charge in [-0.3, -0.25) is 9.59 Å². The second-order valence-corrected chi connectivity index (χ2v) is 10.5. The molecule has 2 aromatic heterocycles. The highest BCUT2D eigenvalue weighted by Gasteiger charge is 2.28. The van der Waals surface area contributed by atoms with E-state index in [1.807, 2.05) is 48.7 Å². The fraction of sp³-hybridized carbons (Fsp3) is 0.189. The maximum Gasteiger partial charge on any atom is 0.446 e. The van der Waals surface area contributed by atoms with Crippen molar-refractivity contribution < 1.29 is 50.2 Å². The molecule has 0 fully saturated rings. The Labute approximate surface area is 282 Å². The molecule has 6 nitrogen and oxygen atoms in total. The molecular weight excluding hydrogens is 669 g/mol. The van der Waals surface area contributed by atoms with Gasteiger partial charge in [-0.05, 0) is 72.5 Å². The smallest absolute Gasteiger partial charge is 0.396 e. The van der Waals surface area contributed by atoms with E-state index >= 15 is 0 Å². The maximum atomic E-state index is 14.0. The Kier molecular flexibility index (Phi) is 14.0. The molecule has 3 heterocycles. The number of nitrogens with one attached hydrogen (secondary N) is 2. The Balaban J connectivity index is 0.000000199. The monoisotopic (exact) mass is 702 g/mol. The van der Waals surface area contributed by atoms with Crippen molar-refractivity contribution in [1.82, 2.24) is 9.97 Å². The van der Waals surface area contributed by atoms with E-state index in [-0.39, 0.29) is 31.4 Å². The van der Waals surface area contributed by atoms with Crippen LogP contribution in [0.25, 0.3) is 21.8 Å². The van der Waals surface area contributed by atoms with Crippen LogP contribution in [0.15, 0.2) is 91.1 Å². The molecule has 0 amide bonds. The zero-order valence-electron chi connectivity index (χ0n) is 25.5. The van der Waals surface area contributed by atoms with Gasteiger partial charge in [-0.1, -0.05) is 43.8 Å². The quantitative estimate of drug-likeness (QED) is 0.126. The summed E-state index contributed by atoms with van der Waals surface area (Å²) in [5.74, 6) is -2.22. The van der Waals surface area contributed by atoms with Gasteiger partial charge >= 0.3 is 6.18 Å². The van der Waals surface area contributed by atoms with Gasteiger partial charge < -0.3 is 19.8 Å². The van der Waals surface area contributed by atoms with E-state index in [9.17, 15) is 35.5 Å². The molecular formula is C37H33F7N2O4. The van der Waals surface area contributed by atoms with Crippen LogP contribution in [0.1, 0.15) is 46.3 Å². The van der Waals surface area contributed by atoms with Crippen LogP contribution in [0.3, 0.4) is 0 Å². The lowest BCUT2D eigenvalue weighted by Crippen LogP contribution is -2.18. The van der Waals surface area contributed by atoms with Crippen molar-refractivity contribution in [1.29, 1.82) is 0 Å². The molecule has 0 spiro atoms. The molecule has 1 aliphatic heterocycles. The first-order valence-electron chi connectivity index (χ1n) is 14.7. The summed E-state index contributed by atoms with van der Waals surface area (Å²) >= 11 is 0. The van der Waals surface area contributed by atoms with Crippen LogP contribution in [0, 0.1) is 23.3 Å². The van der Waals surface area contributed by atoms with Crippen molar-refractivity contribution in [2.45, 2.75) is 32.5 Å². The first-order chi connectivity index (χ1) is 23.4. The molecule has 4 aromatic carbocycles. The minimum Gasteiger partial charge on any atom is -0.396 e. The Morgan fingerprint density at radius 3 is 2.04 bits per heavy atom. The normalized spacial score (nSPS) is 13.3. The molecule has 0 aliphatic carbocycles. The number of carbonyl (C=O) groups excluding carboxylic acids is 2. The summed E-state index contributed by atoms with van der Waals surface area (Å²) in [5, 5.41) is 11.1. The summed E-state index contributed by atoms with van der Waals surface area (Å²) in [6.07, 6.45) is -2.56. The molecule has 1 atom stereocenters. The van der Waals surface area contributed by atoms with Crippen LogP contribution in [-0.2, 0) is 22.4 Å². The fourth-order valence-corrected chi connectivity index (χ4v) is 5.10. The number of aldehydes is 2. The third-order valence-corrected chi connectivity index (χ3v) is 7.26. The predicted molar refractivity (Wildman–Crippen MR) is 176 cm³/mol. The van der Waals surface area contributed by atoms with Gasteiger partial charge in [-0.2, -0.15) is 13.2 Å². The number of rotatable bonds is 4. The Morgan fingerprint density at radius 1 is 0.820 bits per heavy atom. The van der Waals surface area contributed by atoms with Crippen molar-refractivity contribution in [2.24, 2.45) is 0 Å². The highest BCUT2D eigenvalue weighted by atomic mass is 19.4. The van der Waals surface area contributed by atoms with Crippen LogP contribution in [0.4, 0.5) is 30.7 Å². The summed E-state index contributed by atoms with van der Waals surface area (Å²) in [6.45, 7) is 0.706. The molecule has 3 N–H and O–H groups in total. The van der Waals surface area contributed by atoms with E-state index in [2.05, 4.69) is 16.0 Å². The lowest BCUT2D eigenvalue weighted by atomic mass is 9.97. The minimum absolute atomic E-state index is 0. The largest absolute Gasteiger partial charge is 0.446 e. The molecule has 264 valence electrons. The standard InChI is InChI=1S/C17H13F2NO.C10H11NO.C7H4F2O.C2HF3O.CH4/c18-10-5-6-14(19)13(9-10)17-16-12(7-8-21-17)11-3-1-2-4-15(11)20-16;12-6-5-8-7-11-10-4-2-1-3-9(8)10;8-6-1-2-7(9)5(3-6)4-10;3-2(4,5)1-6;/h1-6,9,17,20H,7-8H2;1-4,7,11-12H,5-6H2;1-4H;1H;1H4. The van der Waals surface area contributed by atoms with Crippen LogP contribution >= 0.6 is 0 Å². The number of halogens is 7. The SMILES string of the molecule is C.Fc1ccc(F)c(C2OCCc3c2[nH]c2ccccc32)c1.O=CC(F)(F)F.O=Cc1cc(F)ccc1F.OCCc1c[nH]c2ccccc12. The van der Waals surface area contributed by atoms with Crippen molar-refractivity contribution in [2.75, 3.05) is 13.2 Å². The van der Waals surface area contributed by atoms with Crippen molar-refractivity contribution in [3.63, 3.8) is 0 Å². The number of aliphatic hydroxyl groups is 1. The highest BCUT2D eigenvalue weighted by molar-refractivity contribution is 5.85. The lowest BCUT2D eigenvalue weighted by molar-refractivity contribution is -0.156. The zero-order chi connectivity index (χ0) is 35.6. The fourth-order valence-electron chi connectivity index (χ4n) is 5.10. The van der Waals surface area contributed by atoms with Crippen LogP contribution in [0.2, 0.25) is 0 Å². The number of aromatic amines is 2. The predicted octanol–water partition coefficient (Wildman–Crippen LogP) is 8.97. The molecule has 50 heavy (non-hydrogen) atoms. The number of hydrogen-bond acceptors (Lipinski definition) is 4. The van der Waals surface area contributed by atoms with Crippen molar-refractivity contribution in [3.05, 3.63) is 142 Å². The number of aromatic nitrogens is 2. The second kappa shape index (κ2) is 17.9. The van der Waals surface area contributed by atoms with E-state index < -0.39 is 41.8 Å². The minimum atomic E-state index is -4.64. The summed E-state index contributed by atoms with van der Waals surface area (Å²) in [6, 6.07) is 22.3. The lowest BCUT2D eigenvalue weighted by Gasteiger charge is -2.24. The molecule has 1 aliphatic rings. The number of benzene rings is 4. The van der Waals surface area contributed by atoms with Gasteiger partial charge in [-0.25, -0.2) is 17.6 Å².